The maximum atomic E-state index is 6.87. The first-order valence-electron chi connectivity index (χ1n) is 12.2. The van der Waals surface area contributed by atoms with Crippen LogP contribution in [0.15, 0.2) is 12.7 Å². The number of unbranched alkanes of at least 4 members (excludes halogenated alkanes) is 4. The zero-order valence-electron chi connectivity index (χ0n) is 22.3. The molecule has 0 radical (unpaired) electrons. The van der Waals surface area contributed by atoms with Crippen LogP contribution >= 0.6 is 0 Å². The summed E-state index contributed by atoms with van der Waals surface area (Å²) < 4.78 is 13.0. The van der Waals surface area contributed by atoms with E-state index in [9.17, 15) is 0 Å². The molecule has 2 atom stereocenters. The van der Waals surface area contributed by atoms with Crippen LogP contribution in [-0.2, 0) is 13.9 Å². The summed E-state index contributed by atoms with van der Waals surface area (Å²) in [5.74, 6) is 0. The van der Waals surface area contributed by atoms with Gasteiger partial charge in [-0.25, -0.2) is 4.89 Å². The highest BCUT2D eigenvalue weighted by atomic mass is 28.4. The van der Waals surface area contributed by atoms with Crippen molar-refractivity contribution in [2.75, 3.05) is 0 Å². The van der Waals surface area contributed by atoms with Crippen LogP contribution < -0.4 is 0 Å². The number of hydrogen-bond acceptors (Lipinski definition) is 3. The van der Waals surface area contributed by atoms with E-state index in [2.05, 4.69) is 81.2 Å². The fraction of sp³-hybridized carbons (Fsp3) is 0.920. The maximum Gasteiger partial charge on any atom is 0.238 e. The summed E-state index contributed by atoms with van der Waals surface area (Å²) in [5, 5.41) is 0.335. The molecule has 0 heterocycles. The van der Waals surface area contributed by atoms with E-state index in [0.717, 1.165) is 19.3 Å². The molecular formula is C25H54O3Si2. The van der Waals surface area contributed by atoms with Crippen LogP contribution in [0.4, 0.5) is 0 Å². The van der Waals surface area contributed by atoms with Gasteiger partial charge in [-0.2, -0.15) is 0 Å². The Labute approximate surface area is 191 Å². The fourth-order valence-corrected chi connectivity index (χ4v) is 4.79. The van der Waals surface area contributed by atoms with Crippen molar-refractivity contribution in [3.8, 4) is 0 Å². The van der Waals surface area contributed by atoms with E-state index < -0.39 is 16.6 Å². The van der Waals surface area contributed by atoms with Crippen molar-refractivity contribution in [1.29, 1.82) is 0 Å². The molecule has 2 unspecified atom stereocenters. The highest BCUT2D eigenvalue weighted by molar-refractivity contribution is 6.74. The Morgan fingerprint density at radius 2 is 1.33 bits per heavy atom. The minimum atomic E-state index is -1.95. The van der Waals surface area contributed by atoms with Crippen LogP contribution in [0.2, 0.25) is 36.3 Å². The fourth-order valence-electron chi connectivity index (χ4n) is 2.76. The quantitative estimate of drug-likeness (QED) is 0.0805. The topological polar surface area (TPSA) is 27.7 Å². The molecule has 3 nitrogen and oxygen atoms in total. The average Bonchev–Trinajstić information content (AvgIpc) is 2.57. The number of hydrogen-bond donors (Lipinski definition) is 0. The monoisotopic (exact) mass is 458 g/mol. The van der Waals surface area contributed by atoms with Crippen LogP contribution in [-0.4, -0.2) is 28.8 Å². The summed E-state index contributed by atoms with van der Waals surface area (Å²) in [5.41, 5.74) is 0. The minimum Gasteiger partial charge on any atom is -0.414 e. The van der Waals surface area contributed by atoms with Crippen LogP contribution in [0.1, 0.15) is 99.8 Å². The first kappa shape index (κ1) is 30.1. The van der Waals surface area contributed by atoms with Crippen LogP contribution in [0.5, 0.6) is 0 Å². The zero-order chi connectivity index (χ0) is 23.6. The van der Waals surface area contributed by atoms with Gasteiger partial charge in [0, 0.05) is 12.5 Å². The van der Waals surface area contributed by atoms with E-state index in [1.165, 1.54) is 32.1 Å². The Kier molecular flexibility index (Phi) is 13.0. The van der Waals surface area contributed by atoms with Gasteiger partial charge in [-0.1, -0.05) is 86.6 Å². The highest BCUT2D eigenvalue weighted by Gasteiger charge is 2.41. The summed E-state index contributed by atoms with van der Waals surface area (Å²) >= 11 is 0. The Hall–Kier alpha value is 0.0538. The van der Waals surface area contributed by atoms with Crippen molar-refractivity contribution in [2.45, 2.75) is 148 Å². The second kappa shape index (κ2) is 12.9. The van der Waals surface area contributed by atoms with E-state index in [1.807, 2.05) is 6.08 Å². The van der Waals surface area contributed by atoms with Crippen LogP contribution in [0, 0.1) is 0 Å². The van der Waals surface area contributed by atoms with Gasteiger partial charge in [0.2, 0.25) is 8.32 Å². The van der Waals surface area contributed by atoms with Gasteiger partial charge >= 0.3 is 0 Å². The maximum absolute atomic E-state index is 6.87. The Balaban J connectivity index is 5.19. The van der Waals surface area contributed by atoms with Gasteiger partial charge in [0.15, 0.2) is 8.32 Å². The molecule has 0 rings (SSSR count). The lowest BCUT2D eigenvalue weighted by Gasteiger charge is -2.40. The van der Waals surface area contributed by atoms with Gasteiger partial charge in [0.1, 0.15) is 0 Å². The third kappa shape index (κ3) is 11.1. The molecule has 0 aromatic carbocycles. The highest BCUT2D eigenvalue weighted by Crippen LogP contribution is 2.39. The lowest BCUT2D eigenvalue weighted by Crippen LogP contribution is -2.45. The Morgan fingerprint density at radius 1 is 0.800 bits per heavy atom. The van der Waals surface area contributed by atoms with Gasteiger partial charge in [0.05, 0.1) is 6.10 Å². The second-order valence-corrected chi connectivity index (χ2v) is 21.5. The lowest BCUT2D eigenvalue weighted by molar-refractivity contribution is -0.261. The van der Waals surface area contributed by atoms with E-state index in [0.29, 0.717) is 0 Å². The van der Waals surface area contributed by atoms with Gasteiger partial charge < -0.3 is 4.43 Å². The largest absolute Gasteiger partial charge is 0.414 e. The molecule has 0 aromatic heterocycles. The van der Waals surface area contributed by atoms with Crippen molar-refractivity contribution < 1.29 is 13.9 Å². The molecule has 0 fully saturated rings. The van der Waals surface area contributed by atoms with Crippen LogP contribution in [0.3, 0.4) is 0 Å². The van der Waals surface area contributed by atoms with Crippen molar-refractivity contribution in [3.63, 3.8) is 0 Å². The zero-order valence-corrected chi connectivity index (χ0v) is 24.3. The third-order valence-corrected chi connectivity index (χ3v) is 15.7. The van der Waals surface area contributed by atoms with Crippen molar-refractivity contribution in [3.05, 3.63) is 12.7 Å². The first-order valence-corrected chi connectivity index (χ1v) is 18.0. The van der Waals surface area contributed by atoms with Gasteiger partial charge in [0.25, 0.3) is 0 Å². The van der Waals surface area contributed by atoms with E-state index in [4.69, 9.17) is 13.9 Å². The standard InChI is InChI=1S/C25H54O3Si2/c1-13-15-16-17-18-20-23(27-29(9,10)24(3,4)5)21-22(19-14-2)26-28-30(11,12)25(6,7)8/h14,22-23H,2,13,15-21H2,1,3-12H3. The SMILES string of the molecule is C=CCC(CC(CCCCCCC)O[Si](C)(C)C(C)(C)C)OO[Si](C)(C)C(C)(C)C. The molecule has 0 aliphatic rings. The van der Waals surface area contributed by atoms with Gasteiger partial charge in [-0.15, -0.1) is 6.58 Å². The van der Waals surface area contributed by atoms with E-state index in [1.54, 1.807) is 0 Å². The molecule has 0 saturated carbocycles. The second-order valence-electron chi connectivity index (χ2n) is 12.0. The summed E-state index contributed by atoms with van der Waals surface area (Å²) in [6.45, 7) is 29.1. The molecule has 0 bridgehead atoms. The van der Waals surface area contributed by atoms with Gasteiger partial charge in [-0.3, -0.25) is 4.58 Å². The molecule has 0 aliphatic heterocycles. The van der Waals surface area contributed by atoms with E-state index in [-0.39, 0.29) is 22.3 Å². The Morgan fingerprint density at radius 3 is 1.80 bits per heavy atom. The van der Waals surface area contributed by atoms with Crippen LogP contribution in [0.25, 0.3) is 0 Å². The molecule has 0 aromatic rings. The molecule has 0 saturated heterocycles. The predicted molar refractivity (Wildman–Crippen MR) is 138 cm³/mol. The van der Waals surface area contributed by atoms with Crippen molar-refractivity contribution in [1.82, 2.24) is 0 Å². The normalized spacial score (nSPS) is 15.8. The third-order valence-electron chi connectivity index (χ3n) is 7.05. The van der Waals surface area contributed by atoms with E-state index >= 15 is 0 Å². The molecule has 0 amide bonds. The molecule has 0 N–H and O–H groups in total. The molecule has 0 spiro atoms. The predicted octanol–water partition coefficient (Wildman–Crippen LogP) is 9.03. The molecule has 5 heteroatoms. The lowest BCUT2D eigenvalue weighted by atomic mass is 10.0. The Bertz CT molecular complexity index is 476. The van der Waals surface area contributed by atoms with Gasteiger partial charge in [-0.05, 0) is 49.1 Å². The van der Waals surface area contributed by atoms with Crippen molar-refractivity contribution >= 4 is 16.6 Å². The summed E-state index contributed by atoms with van der Waals surface area (Å²) in [7, 11) is -3.79. The summed E-state index contributed by atoms with van der Waals surface area (Å²) in [6, 6.07) is 0. The summed E-state index contributed by atoms with van der Waals surface area (Å²) in [6.07, 6.45) is 11.4. The average molecular weight is 459 g/mol. The molecule has 180 valence electrons. The smallest absolute Gasteiger partial charge is 0.238 e. The van der Waals surface area contributed by atoms with Crippen molar-refractivity contribution in [2.24, 2.45) is 0 Å². The molecule has 0 aliphatic carbocycles. The minimum absolute atomic E-state index is 0.00188. The first-order chi connectivity index (χ1) is 13.6. The number of rotatable bonds is 15. The summed E-state index contributed by atoms with van der Waals surface area (Å²) in [4.78, 5) is 6.08. The molecule has 30 heavy (non-hydrogen) atoms. The molecular weight excluding hydrogens is 404 g/mol.